The molecule has 2 aromatic heterocycles. The van der Waals surface area contributed by atoms with E-state index in [2.05, 4.69) is 46.3 Å². The Morgan fingerprint density at radius 3 is 2.85 bits per heavy atom. The minimum Gasteiger partial charge on any atom is -0.373 e. The summed E-state index contributed by atoms with van der Waals surface area (Å²) in [6.45, 7) is 2.65. The highest BCUT2D eigenvalue weighted by Crippen LogP contribution is 2.37. The number of carbonyl (C=O) groups excluding carboxylic acids is 1. The van der Waals surface area contributed by atoms with Crippen LogP contribution < -0.4 is 0 Å². The average Bonchev–Trinajstić information content (AvgIpc) is 3.40. The van der Waals surface area contributed by atoms with Crippen molar-refractivity contribution in [2.75, 3.05) is 6.61 Å². The summed E-state index contributed by atoms with van der Waals surface area (Å²) in [4.78, 5) is 20.7. The molecule has 7 heteroatoms. The standard InChI is InChI=1S/C20H22N4O3/c1-13-3-5-14(6-4-13)18-9-15(11-26-18)20-22-19(27-23-20)8-7-17(25)16-10-21-12-24(16)2/h3-6,10,12,15,18H,7-9,11H2,1-2H3/t15-,18+/m1/s1. The first kappa shape index (κ1) is 17.6. The molecule has 0 aliphatic carbocycles. The van der Waals surface area contributed by atoms with E-state index in [4.69, 9.17) is 9.26 Å². The van der Waals surface area contributed by atoms with Gasteiger partial charge in [0, 0.05) is 25.8 Å². The summed E-state index contributed by atoms with van der Waals surface area (Å²) >= 11 is 0. The van der Waals surface area contributed by atoms with Crippen LogP contribution in [-0.2, 0) is 18.2 Å². The summed E-state index contributed by atoms with van der Waals surface area (Å²) in [5.74, 6) is 1.27. The lowest BCUT2D eigenvalue weighted by molar-refractivity contribution is 0.0971. The van der Waals surface area contributed by atoms with Crippen molar-refractivity contribution in [2.45, 2.75) is 38.2 Å². The van der Waals surface area contributed by atoms with Crippen LogP contribution >= 0.6 is 0 Å². The van der Waals surface area contributed by atoms with Gasteiger partial charge in [0.15, 0.2) is 11.6 Å². The maximum Gasteiger partial charge on any atom is 0.227 e. The topological polar surface area (TPSA) is 83.0 Å². The van der Waals surface area contributed by atoms with Crippen LogP contribution in [0, 0.1) is 6.92 Å². The lowest BCUT2D eigenvalue weighted by Crippen LogP contribution is -2.06. The van der Waals surface area contributed by atoms with Gasteiger partial charge >= 0.3 is 0 Å². The maximum absolute atomic E-state index is 12.2. The van der Waals surface area contributed by atoms with Gasteiger partial charge in [-0.3, -0.25) is 4.79 Å². The van der Waals surface area contributed by atoms with Crippen LogP contribution in [0.5, 0.6) is 0 Å². The van der Waals surface area contributed by atoms with Crippen molar-refractivity contribution >= 4 is 5.78 Å². The van der Waals surface area contributed by atoms with Gasteiger partial charge in [0.1, 0.15) is 5.69 Å². The average molecular weight is 366 g/mol. The van der Waals surface area contributed by atoms with Gasteiger partial charge < -0.3 is 13.8 Å². The van der Waals surface area contributed by atoms with E-state index in [1.54, 1.807) is 24.1 Å². The molecule has 27 heavy (non-hydrogen) atoms. The number of aryl methyl sites for hydroxylation is 3. The number of hydrogen-bond donors (Lipinski definition) is 0. The zero-order valence-corrected chi connectivity index (χ0v) is 15.5. The summed E-state index contributed by atoms with van der Waals surface area (Å²) in [7, 11) is 1.80. The largest absolute Gasteiger partial charge is 0.373 e. The van der Waals surface area contributed by atoms with Crippen molar-refractivity contribution in [3.05, 3.63) is 65.3 Å². The molecule has 0 spiro atoms. The second-order valence-corrected chi connectivity index (χ2v) is 7.02. The number of ether oxygens (including phenoxy) is 1. The fourth-order valence-electron chi connectivity index (χ4n) is 3.33. The number of Topliss-reactive ketones (excluding diaryl/α,β-unsaturated/α-hetero) is 1. The Balaban J connectivity index is 1.35. The van der Waals surface area contributed by atoms with Crippen molar-refractivity contribution in [1.29, 1.82) is 0 Å². The van der Waals surface area contributed by atoms with Crippen LogP contribution in [0.3, 0.4) is 0 Å². The SMILES string of the molecule is Cc1ccc([C@@H]2C[C@@H](c3noc(CCC(=O)c4cncn4C)n3)CO2)cc1. The highest BCUT2D eigenvalue weighted by molar-refractivity contribution is 5.94. The van der Waals surface area contributed by atoms with Crippen LogP contribution in [0.2, 0.25) is 0 Å². The van der Waals surface area contributed by atoms with Gasteiger partial charge in [-0.15, -0.1) is 0 Å². The zero-order chi connectivity index (χ0) is 18.8. The minimum atomic E-state index is 0.0124. The van der Waals surface area contributed by atoms with Crippen molar-refractivity contribution in [3.8, 4) is 0 Å². The first-order chi connectivity index (χ1) is 13.1. The van der Waals surface area contributed by atoms with Crippen molar-refractivity contribution < 1.29 is 14.1 Å². The quantitative estimate of drug-likeness (QED) is 0.623. The number of carbonyl (C=O) groups is 1. The van der Waals surface area contributed by atoms with Gasteiger partial charge in [0.05, 0.1) is 25.2 Å². The number of rotatable bonds is 6. The zero-order valence-electron chi connectivity index (χ0n) is 15.5. The predicted molar refractivity (Wildman–Crippen MR) is 97.4 cm³/mol. The summed E-state index contributed by atoms with van der Waals surface area (Å²) in [5.41, 5.74) is 2.99. The fourth-order valence-corrected chi connectivity index (χ4v) is 3.33. The molecule has 3 aromatic rings. The molecule has 0 amide bonds. The Kier molecular flexibility index (Phi) is 4.85. The van der Waals surface area contributed by atoms with Crippen LogP contribution in [0.25, 0.3) is 0 Å². The molecule has 2 atom stereocenters. The third kappa shape index (κ3) is 3.83. The Bertz CT molecular complexity index is 929. The van der Waals surface area contributed by atoms with E-state index in [-0.39, 0.29) is 17.8 Å². The molecule has 0 saturated carbocycles. The molecule has 7 nitrogen and oxygen atoms in total. The normalized spacial score (nSPS) is 19.5. The Labute approximate surface area is 157 Å². The second-order valence-electron chi connectivity index (χ2n) is 7.02. The molecular weight excluding hydrogens is 344 g/mol. The van der Waals surface area contributed by atoms with E-state index < -0.39 is 0 Å². The molecule has 0 unspecified atom stereocenters. The monoisotopic (exact) mass is 366 g/mol. The van der Waals surface area contributed by atoms with Crippen molar-refractivity contribution in [3.63, 3.8) is 0 Å². The molecule has 140 valence electrons. The molecule has 1 saturated heterocycles. The van der Waals surface area contributed by atoms with Gasteiger partial charge in [-0.05, 0) is 18.9 Å². The number of benzene rings is 1. The van der Waals surface area contributed by atoms with E-state index in [1.807, 2.05) is 0 Å². The van der Waals surface area contributed by atoms with E-state index in [1.165, 1.54) is 11.1 Å². The number of aromatic nitrogens is 4. The molecule has 1 aromatic carbocycles. The van der Waals surface area contributed by atoms with Crippen LogP contribution in [0.15, 0.2) is 41.3 Å². The summed E-state index contributed by atoms with van der Waals surface area (Å²) < 4.78 is 13.0. The van der Waals surface area contributed by atoms with E-state index in [0.29, 0.717) is 36.9 Å². The third-order valence-electron chi connectivity index (χ3n) is 4.96. The molecule has 1 aliphatic heterocycles. The smallest absolute Gasteiger partial charge is 0.227 e. The van der Waals surface area contributed by atoms with Gasteiger partial charge in [0.2, 0.25) is 5.89 Å². The highest BCUT2D eigenvalue weighted by Gasteiger charge is 2.31. The van der Waals surface area contributed by atoms with Crippen LogP contribution in [0.4, 0.5) is 0 Å². The maximum atomic E-state index is 12.2. The van der Waals surface area contributed by atoms with Gasteiger partial charge in [-0.1, -0.05) is 35.0 Å². The van der Waals surface area contributed by atoms with Crippen LogP contribution in [0.1, 0.15) is 58.2 Å². The lowest BCUT2D eigenvalue weighted by atomic mass is 9.99. The predicted octanol–water partition coefficient (Wildman–Crippen LogP) is 3.17. The van der Waals surface area contributed by atoms with E-state index >= 15 is 0 Å². The lowest BCUT2D eigenvalue weighted by Gasteiger charge is -2.09. The molecule has 0 bridgehead atoms. The highest BCUT2D eigenvalue weighted by atomic mass is 16.5. The summed E-state index contributed by atoms with van der Waals surface area (Å²) in [5, 5.41) is 4.10. The van der Waals surface area contributed by atoms with Crippen LogP contribution in [-0.4, -0.2) is 32.1 Å². The molecule has 3 heterocycles. The molecule has 0 N–H and O–H groups in total. The second kappa shape index (κ2) is 7.44. The third-order valence-corrected chi connectivity index (χ3v) is 4.96. The number of imidazole rings is 1. The molecular formula is C20H22N4O3. The molecule has 1 aliphatic rings. The van der Waals surface area contributed by atoms with Crippen molar-refractivity contribution in [2.24, 2.45) is 7.05 Å². The Morgan fingerprint density at radius 2 is 2.11 bits per heavy atom. The molecule has 4 rings (SSSR count). The number of nitrogens with zero attached hydrogens (tertiary/aromatic N) is 4. The molecule has 0 radical (unpaired) electrons. The van der Waals surface area contributed by atoms with E-state index in [0.717, 1.165) is 6.42 Å². The Hall–Kier alpha value is -2.80. The van der Waals surface area contributed by atoms with E-state index in [9.17, 15) is 4.79 Å². The van der Waals surface area contributed by atoms with Gasteiger partial charge in [0.25, 0.3) is 0 Å². The number of hydrogen-bond acceptors (Lipinski definition) is 6. The first-order valence-corrected chi connectivity index (χ1v) is 9.10. The Morgan fingerprint density at radius 1 is 1.30 bits per heavy atom. The fraction of sp³-hybridized carbons (Fsp3) is 0.400. The summed E-state index contributed by atoms with van der Waals surface area (Å²) in [6, 6.07) is 8.40. The minimum absolute atomic E-state index is 0.0124. The van der Waals surface area contributed by atoms with Gasteiger partial charge in [-0.25, -0.2) is 4.98 Å². The number of ketones is 1. The summed E-state index contributed by atoms with van der Waals surface area (Å²) in [6.07, 6.45) is 4.81. The van der Waals surface area contributed by atoms with Gasteiger partial charge in [-0.2, -0.15) is 4.98 Å². The van der Waals surface area contributed by atoms with Crippen molar-refractivity contribution in [1.82, 2.24) is 19.7 Å². The molecule has 1 fully saturated rings. The first-order valence-electron chi connectivity index (χ1n) is 9.10.